The lowest BCUT2D eigenvalue weighted by Crippen LogP contribution is -2.35. The molecule has 2 atom stereocenters. The number of rotatable bonds is 4. The van der Waals surface area contributed by atoms with Crippen molar-refractivity contribution >= 4 is 21.8 Å². The van der Waals surface area contributed by atoms with Crippen molar-refractivity contribution in [2.45, 2.75) is 25.7 Å². The maximum absolute atomic E-state index is 13.7. The number of nitrogens with one attached hydrogen (secondary N) is 1. The van der Waals surface area contributed by atoms with Gasteiger partial charge in [0.25, 0.3) is 5.91 Å². The third-order valence-electron chi connectivity index (χ3n) is 4.00. The fourth-order valence-electron chi connectivity index (χ4n) is 2.79. The lowest BCUT2D eigenvalue weighted by molar-refractivity contribution is 0.0905. The number of aliphatic hydroxyl groups is 1. The van der Waals surface area contributed by atoms with Gasteiger partial charge in [-0.1, -0.05) is 28.8 Å². The number of amides is 1. The van der Waals surface area contributed by atoms with Gasteiger partial charge >= 0.3 is 0 Å². The van der Waals surface area contributed by atoms with Gasteiger partial charge in [0.2, 0.25) is 0 Å². The monoisotopic (exact) mass is 343 g/mol. The van der Waals surface area contributed by atoms with Crippen molar-refractivity contribution in [2.24, 2.45) is 11.8 Å². The number of hydrogen-bond donors (Lipinski definition) is 2. The number of benzene rings is 1. The molecule has 2 unspecified atom stereocenters. The van der Waals surface area contributed by atoms with E-state index in [1.165, 1.54) is 12.1 Å². The topological polar surface area (TPSA) is 49.3 Å². The molecule has 1 saturated carbocycles. The first-order chi connectivity index (χ1) is 9.61. The molecular weight excluding hydrogens is 325 g/mol. The Morgan fingerprint density at radius 1 is 1.35 bits per heavy atom. The van der Waals surface area contributed by atoms with Crippen molar-refractivity contribution in [2.75, 3.05) is 13.2 Å². The van der Waals surface area contributed by atoms with Crippen molar-refractivity contribution in [1.82, 2.24) is 5.32 Å². The molecule has 0 heterocycles. The van der Waals surface area contributed by atoms with Gasteiger partial charge in [-0.05, 0) is 42.9 Å². The van der Waals surface area contributed by atoms with Crippen LogP contribution < -0.4 is 5.32 Å². The van der Waals surface area contributed by atoms with Gasteiger partial charge in [0.1, 0.15) is 5.82 Å². The number of carbonyl (C=O) groups is 1. The van der Waals surface area contributed by atoms with Gasteiger partial charge in [0, 0.05) is 17.6 Å². The zero-order chi connectivity index (χ0) is 14.5. The number of carbonyl (C=O) groups excluding carboxylic acids is 1. The maximum Gasteiger partial charge on any atom is 0.254 e. The first kappa shape index (κ1) is 15.4. The summed E-state index contributed by atoms with van der Waals surface area (Å²) in [5.74, 6) is -0.383. The van der Waals surface area contributed by atoms with Crippen LogP contribution in [0, 0.1) is 17.7 Å². The van der Waals surface area contributed by atoms with E-state index < -0.39 is 11.7 Å². The predicted molar refractivity (Wildman–Crippen MR) is 79.0 cm³/mol. The molecule has 1 aliphatic rings. The summed E-state index contributed by atoms with van der Waals surface area (Å²) in [6, 6.07) is 4.40. The number of hydrogen-bond acceptors (Lipinski definition) is 2. The van der Waals surface area contributed by atoms with Crippen LogP contribution in [0.1, 0.15) is 36.0 Å². The van der Waals surface area contributed by atoms with E-state index in [0.29, 0.717) is 11.0 Å². The second-order valence-corrected chi connectivity index (χ2v) is 6.24. The van der Waals surface area contributed by atoms with Crippen molar-refractivity contribution < 1.29 is 14.3 Å². The predicted octanol–water partition coefficient (Wildman–Crippen LogP) is 3.12. The van der Waals surface area contributed by atoms with Gasteiger partial charge in [-0.15, -0.1) is 0 Å². The van der Waals surface area contributed by atoms with Crippen LogP contribution in [0.4, 0.5) is 4.39 Å². The van der Waals surface area contributed by atoms with Gasteiger partial charge in [-0.3, -0.25) is 4.79 Å². The van der Waals surface area contributed by atoms with E-state index in [1.54, 1.807) is 6.07 Å². The molecular formula is C15H19BrFNO2. The van der Waals surface area contributed by atoms with Gasteiger partial charge < -0.3 is 10.4 Å². The maximum atomic E-state index is 13.7. The molecule has 110 valence electrons. The summed E-state index contributed by atoms with van der Waals surface area (Å²) >= 11 is 3.16. The van der Waals surface area contributed by atoms with Crippen LogP contribution in [0.3, 0.4) is 0 Å². The Labute approximate surface area is 126 Å². The van der Waals surface area contributed by atoms with E-state index in [0.717, 1.165) is 25.7 Å². The van der Waals surface area contributed by atoms with Crippen LogP contribution >= 0.6 is 15.9 Å². The standard InChI is InChI=1S/C15H19BrFNO2/c16-12-5-6-13(14(17)7-12)15(20)18-8-10-3-1-2-4-11(10)9-19/h5-7,10-11,19H,1-4,8-9H2,(H,18,20). The highest BCUT2D eigenvalue weighted by Crippen LogP contribution is 2.29. The minimum Gasteiger partial charge on any atom is -0.396 e. The third kappa shape index (κ3) is 3.79. The Bertz CT molecular complexity index is 481. The van der Waals surface area contributed by atoms with Crippen molar-refractivity contribution in [3.63, 3.8) is 0 Å². The first-order valence-electron chi connectivity index (χ1n) is 6.96. The second kappa shape index (κ2) is 7.18. The molecule has 1 aromatic carbocycles. The molecule has 0 radical (unpaired) electrons. The molecule has 0 aromatic heterocycles. The molecule has 5 heteroatoms. The second-order valence-electron chi connectivity index (χ2n) is 5.32. The van der Waals surface area contributed by atoms with Crippen molar-refractivity contribution in [3.8, 4) is 0 Å². The van der Waals surface area contributed by atoms with Crippen LogP contribution in [0.15, 0.2) is 22.7 Å². The Balaban J connectivity index is 1.94. The Kier molecular flexibility index (Phi) is 5.54. The van der Waals surface area contributed by atoms with Gasteiger partial charge in [-0.25, -0.2) is 4.39 Å². The van der Waals surface area contributed by atoms with Crippen molar-refractivity contribution in [1.29, 1.82) is 0 Å². The van der Waals surface area contributed by atoms with E-state index in [2.05, 4.69) is 21.2 Å². The average molecular weight is 344 g/mol. The van der Waals surface area contributed by atoms with Crippen LogP contribution in [0.25, 0.3) is 0 Å². The summed E-state index contributed by atoms with van der Waals surface area (Å²) in [5.41, 5.74) is 0.0598. The normalized spacial score (nSPS) is 22.6. The molecule has 0 bridgehead atoms. The fourth-order valence-corrected chi connectivity index (χ4v) is 3.12. The molecule has 0 saturated heterocycles. The summed E-state index contributed by atoms with van der Waals surface area (Å²) in [5, 5.41) is 12.1. The van der Waals surface area contributed by atoms with E-state index in [4.69, 9.17) is 0 Å². The third-order valence-corrected chi connectivity index (χ3v) is 4.49. The van der Waals surface area contributed by atoms with E-state index in [9.17, 15) is 14.3 Å². The fraction of sp³-hybridized carbons (Fsp3) is 0.533. The molecule has 1 aliphatic carbocycles. The SMILES string of the molecule is O=C(NCC1CCCCC1CO)c1ccc(Br)cc1F. The summed E-state index contributed by atoms with van der Waals surface area (Å²) in [6.07, 6.45) is 4.28. The Morgan fingerprint density at radius 3 is 2.70 bits per heavy atom. The van der Waals surface area contributed by atoms with Crippen LogP contribution in [0.5, 0.6) is 0 Å². The largest absolute Gasteiger partial charge is 0.396 e. The summed E-state index contributed by atoms with van der Waals surface area (Å²) in [4.78, 5) is 12.0. The van der Waals surface area contributed by atoms with Gasteiger partial charge in [0.05, 0.1) is 5.56 Å². The van der Waals surface area contributed by atoms with Gasteiger partial charge in [0.15, 0.2) is 0 Å². The molecule has 1 amide bonds. The highest BCUT2D eigenvalue weighted by Gasteiger charge is 2.25. The minimum atomic E-state index is -0.528. The summed E-state index contributed by atoms with van der Waals surface area (Å²) in [6.45, 7) is 0.659. The molecule has 2 N–H and O–H groups in total. The quantitative estimate of drug-likeness (QED) is 0.882. The summed E-state index contributed by atoms with van der Waals surface area (Å²) < 4.78 is 14.3. The van der Waals surface area contributed by atoms with Crippen LogP contribution in [-0.2, 0) is 0 Å². The molecule has 2 rings (SSSR count). The highest BCUT2D eigenvalue weighted by atomic mass is 79.9. The minimum absolute atomic E-state index is 0.0598. The lowest BCUT2D eigenvalue weighted by Gasteiger charge is -2.30. The number of halogens is 2. The molecule has 0 spiro atoms. The zero-order valence-electron chi connectivity index (χ0n) is 11.2. The number of aliphatic hydroxyl groups excluding tert-OH is 1. The first-order valence-corrected chi connectivity index (χ1v) is 7.75. The van der Waals surface area contributed by atoms with Crippen LogP contribution in [-0.4, -0.2) is 24.2 Å². The zero-order valence-corrected chi connectivity index (χ0v) is 12.8. The van der Waals surface area contributed by atoms with Gasteiger partial charge in [-0.2, -0.15) is 0 Å². The van der Waals surface area contributed by atoms with E-state index in [1.807, 2.05) is 0 Å². The summed E-state index contributed by atoms with van der Waals surface area (Å²) in [7, 11) is 0. The van der Waals surface area contributed by atoms with Crippen molar-refractivity contribution in [3.05, 3.63) is 34.1 Å². The van der Waals surface area contributed by atoms with E-state index >= 15 is 0 Å². The average Bonchev–Trinajstić information content (AvgIpc) is 2.45. The molecule has 3 nitrogen and oxygen atoms in total. The Hall–Kier alpha value is -0.940. The highest BCUT2D eigenvalue weighted by molar-refractivity contribution is 9.10. The smallest absolute Gasteiger partial charge is 0.254 e. The molecule has 1 aromatic rings. The Morgan fingerprint density at radius 2 is 2.05 bits per heavy atom. The lowest BCUT2D eigenvalue weighted by atomic mass is 9.79. The molecule has 20 heavy (non-hydrogen) atoms. The molecule has 0 aliphatic heterocycles. The van der Waals surface area contributed by atoms with Crippen LogP contribution in [0.2, 0.25) is 0 Å². The van der Waals surface area contributed by atoms with E-state index in [-0.39, 0.29) is 24.0 Å². The molecule has 1 fully saturated rings.